The lowest BCUT2D eigenvalue weighted by molar-refractivity contribution is 0.0671. The molecule has 4 rings (SSSR count). The van der Waals surface area contributed by atoms with Gasteiger partial charge in [-0.3, -0.25) is 9.78 Å². The Hall–Kier alpha value is -3.09. The summed E-state index contributed by atoms with van der Waals surface area (Å²) in [5, 5.41) is 2.83. The number of benzene rings is 1. The summed E-state index contributed by atoms with van der Waals surface area (Å²) in [6, 6.07) is 10.8. The Kier molecular flexibility index (Phi) is 5.93. The minimum absolute atomic E-state index is 0.0112. The predicted molar refractivity (Wildman–Crippen MR) is 110 cm³/mol. The van der Waals surface area contributed by atoms with E-state index in [1.165, 1.54) is 19.3 Å². The summed E-state index contributed by atoms with van der Waals surface area (Å²) in [4.78, 5) is 32.6. The zero-order valence-electron chi connectivity index (χ0n) is 16.4. The first-order valence-corrected chi connectivity index (χ1v) is 10.2. The Morgan fingerprint density at radius 3 is 2.38 bits per heavy atom. The van der Waals surface area contributed by atoms with E-state index in [0.29, 0.717) is 43.3 Å². The van der Waals surface area contributed by atoms with Crippen LogP contribution in [0.25, 0.3) is 0 Å². The zero-order valence-corrected chi connectivity index (χ0v) is 16.4. The maximum Gasteiger partial charge on any atom is 0.322 e. The molecule has 7 heteroatoms. The Morgan fingerprint density at radius 2 is 1.76 bits per heavy atom. The lowest BCUT2D eigenvalue weighted by Crippen LogP contribution is -2.51. The second-order valence-electron chi connectivity index (χ2n) is 7.58. The van der Waals surface area contributed by atoms with Crippen molar-refractivity contribution in [3.05, 3.63) is 54.4 Å². The number of anilines is 1. The first-order valence-electron chi connectivity index (χ1n) is 10.2. The molecule has 2 heterocycles. The second-order valence-corrected chi connectivity index (χ2v) is 7.58. The number of hydrogen-bond donors (Lipinski definition) is 1. The largest absolute Gasteiger partial charge is 0.493 e. The Balaban J connectivity index is 1.25. The molecule has 2 fully saturated rings. The SMILES string of the molecule is O=C(Nc1cccnc1)N1CCN(C(=O)c2ccc(OCC3CCC3)cc2)CC1. The Morgan fingerprint density at radius 1 is 1.03 bits per heavy atom. The lowest BCUT2D eigenvalue weighted by Gasteiger charge is -2.34. The van der Waals surface area contributed by atoms with Gasteiger partial charge in [-0.05, 0) is 55.2 Å². The number of pyridine rings is 1. The minimum Gasteiger partial charge on any atom is -0.493 e. The first kappa shape index (κ1) is 19.2. The summed E-state index contributed by atoms with van der Waals surface area (Å²) < 4.78 is 5.80. The molecule has 0 bridgehead atoms. The van der Waals surface area contributed by atoms with Crippen molar-refractivity contribution in [2.24, 2.45) is 5.92 Å². The summed E-state index contributed by atoms with van der Waals surface area (Å²) >= 11 is 0. The maximum absolute atomic E-state index is 12.8. The molecule has 1 aliphatic heterocycles. The Bertz CT molecular complexity index is 829. The number of amides is 3. The summed E-state index contributed by atoms with van der Waals surface area (Å²) in [6.45, 7) is 2.79. The van der Waals surface area contributed by atoms with Gasteiger partial charge in [0.05, 0.1) is 18.5 Å². The van der Waals surface area contributed by atoms with Crippen LogP contribution in [0, 0.1) is 5.92 Å². The number of carbonyl (C=O) groups is 2. The molecule has 0 atom stereocenters. The van der Waals surface area contributed by atoms with Gasteiger partial charge in [0.2, 0.25) is 0 Å². The van der Waals surface area contributed by atoms with Gasteiger partial charge in [0.25, 0.3) is 5.91 Å². The third kappa shape index (κ3) is 4.85. The Labute approximate surface area is 170 Å². The molecular formula is C22H26N4O3. The van der Waals surface area contributed by atoms with Crippen LogP contribution in [0.3, 0.4) is 0 Å². The van der Waals surface area contributed by atoms with E-state index in [4.69, 9.17) is 4.74 Å². The highest BCUT2D eigenvalue weighted by atomic mass is 16.5. The van der Waals surface area contributed by atoms with Crippen molar-refractivity contribution < 1.29 is 14.3 Å². The van der Waals surface area contributed by atoms with Gasteiger partial charge in [0.15, 0.2) is 0 Å². The van der Waals surface area contributed by atoms with Crippen LogP contribution in [-0.2, 0) is 0 Å². The van der Waals surface area contributed by atoms with Crippen LogP contribution in [0.4, 0.5) is 10.5 Å². The van der Waals surface area contributed by atoms with Crippen molar-refractivity contribution in [3.8, 4) is 5.75 Å². The van der Waals surface area contributed by atoms with Crippen molar-refractivity contribution in [1.82, 2.24) is 14.8 Å². The molecule has 0 unspecified atom stereocenters. The number of nitrogens with zero attached hydrogens (tertiary/aromatic N) is 3. The van der Waals surface area contributed by atoms with Crippen molar-refractivity contribution >= 4 is 17.6 Å². The first-order chi connectivity index (χ1) is 14.2. The van der Waals surface area contributed by atoms with Crippen LogP contribution in [0.15, 0.2) is 48.8 Å². The van der Waals surface area contributed by atoms with Crippen LogP contribution in [0.2, 0.25) is 0 Å². The second kappa shape index (κ2) is 8.94. The normalized spacial score (nSPS) is 16.8. The summed E-state index contributed by atoms with van der Waals surface area (Å²) in [7, 11) is 0. The van der Waals surface area contributed by atoms with Crippen LogP contribution in [0.5, 0.6) is 5.75 Å². The molecule has 2 aliphatic rings. The number of urea groups is 1. The monoisotopic (exact) mass is 394 g/mol. The highest BCUT2D eigenvalue weighted by Crippen LogP contribution is 2.27. The molecule has 2 aromatic rings. The van der Waals surface area contributed by atoms with Crippen molar-refractivity contribution in [2.75, 3.05) is 38.1 Å². The van der Waals surface area contributed by atoms with E-state index in [1.807, 2.05) is 24.3 Å². The molecule has 29 heavy (non-hydrogen) atoms. The molecule has 1 aliphatic carbocycles. The van der Waals surface area contributed by atoms with Gasteiger partial charge in [-0.25, -0.2) is 4.79 Å². The molecule has 0 spiro atoms. The molecular weight excluding hydrogens is 368 g/mol. The van der Waals surface area contributed by atoms with E-state index in [2.05, 4.69) is 10.3 Å². The fourth-order valence-electron chi connectivity index (χ4n) is 3.50. The summed E-state index contributed by atoms with van der Waals surface area (Å²) in [5.74, 6) is 1.48. The number of carbonyl (C=O) groups excluding carboxylic acids is 2. The number of aromatic nitrogens is 1. The van der Waals surface area contributed by atoms with Crippen LogP contribution in [-0.4, -0.2) is 59.5 Å². The summed E-state index contributed by atoms with van der Waals surface area (Å²) in [6.07, 6.45) is 7.08. The molecule has 152 valence electrons. The molecule has 7 nitrogen and oxygen atoms in total. The lowest BCUT2D eigenvalue weighted by atomic mass is 9.86. The highest BCUT2D eigenvalue weighted by Gasteiger charge is 2.25. The average Bonchev–Trinajstić information content (AvgIpc) is 2.73. The van der Waals surface area contributed by atoms with Gasteiger partial charge in [-0.2, -0.15) is 0 Å². The standard InChI is InChI=1S/C22H26N4O3/c27-21(18-6-8-20(9-7-18)29-16-17-3-1-4-17)25-11-13-26(14-12-25)22(28)24-19-5-2-10-23-15-19/h2,5-10,15,17H,1,3-4,11-14,16H2,(H,24,28). The van der Waals surface area contributed by atoms with Crippen molar-refractivity contribution in [3.63, 3.8) is 0 Å². The highest BCUT2D eigenvalue weighted by molar-refractivity contribution is 5.94. The van der Waals surface area contributed by atoms with Gasteiger partial charge < -0.3 is 19.9 Å². The van der Waals surface area contributed by atoms with E-state index in [9.17, 15) is 9.59 Å². The van der Waals surface area contributed by atoms with E-state index >= 15 is 0 Å². The topological polar surface area (TPSA) is 74.8 Å². The van der Waals surface area contributed by atoms with Crippen molar-refractivity contribution in [1.29, 1.82) is 0 Å². The van der Waals surface area contributed by atoms with Crippen molar-refractivity contribution in [2.45, 2.75) is 19.3 Å². The molecule has 1 N–H and O–H groups in total. The number of hydrogen-bond acceptors (Lipinski definition) is 4. The zero-order chi connectivity index (χ0) is 20.1. The van der Waals surface area contributed by atoms with Gasteiger partial charge in [-0.15, -0.1) is 0 Å². The van der Waals surface area contributed by atoms with Gasteiger partial charge in [0, 0.05) is 37.9 Å². The van der Waals surface area contributed by atoms with E-state index < -0.39 is 0 Å². The van der Waals surface area contributed by atoms with Gasteiger partial charge >= 0.3 is 6.03 Å². The number of nitrogens with one attached hydrogen (secondary N) is 1. The molecule has 3 amide bonds. The van der Waals surface area contributed by atoms with E-state index in [0.717, 1.165) is 12.4 Å². The smallest absolute Gasteiger partial charge is 0.322 e. The molecule has 1 saturated carbocycles. The number of rotatable bonds is 5. The minimum atomic E-state index is -0.168. The summed E-state index contributed by atoms with van der Waals surface area (Å²) in [5.41, 5.74) is 1.31. The van der Waals surface area contributed by atoms with Gasteiger partial charge in [-0.1, -0.05) is 6.42 Å². The van der Waals surface area contributed by atoms with E-state index in [-0.39, 0.29) is 11.9 Å². The predicted octanol–water partition coefficient (Wildman–Crippen LogP) is 3.25. The van der Waals surface area contributed by atoms with Crippen LogP contribution in [0.1, 0.15) is 29.6 Å². The fraction of sp³-hybridized carbons (Fsp3) is 0.409. The van der Waals surface area contributed by atoms with Crippen LogP contribution >= 0.6 is 0 Å². The van der Waals surface area contributed by atoms with Gasteiger partial charge in [0.1, 0.15) is 5.75 Å². The fourth-order valence-corrected chi connectivity index (χ4v) is 3.50. The quantitative estimate of drug-likeness (QED) is 0.845. The maximum atomic E-state index is 12.8. The van der Waals surface area contributed by atoms with Crippen LogP contribution < -0.4 is 10.1 Å². The third-order valence-corrected chi connectivity index (χ3v) is 5.58. The molecule has 1 aromatic heterocycles. The molecule has 1 saturated heterocycles. The third-order valence-electron chi connectivity index (χ3n) is 5.58. The number of ether oxygens (including phenoxy) is 1. The number of piperazine rings is 1. The van der Waals surface area contributed by atoms with E-state index in [1.54, 1.807) is 34.3 Å². The molecule has 1 aromatic carbocycles. The average molecular weight is 394 g/mol. The molecule has 0 radical (unpaired) electrons.